The van der Waals surface area contributed by atoms with Gasteiger partial charge in [-0.05, 0) is 63.8 Å². The Morgan fingerprint density at radius 1 is 1.37 bits per heavy atom. The topological polar surface area (TPSA) is 38.7 Å². The van der Waals surface area contributed by atoms with Crippen molar-refractivity contribution < 1.29 is 14.6 Å². The van der Waals surface area contributed by atoms with Gasteiger partial charge in [-0.15, -0.1) is 0 Å². The number of ether oxygens (including phenoxy) is 2. The lowest BCUT2D eigenvalue weighted by atomic mass is 9.69. The second-order valence-electron chi connectivity index (χ2n) is 8.31. The molecular formula is C24H32O3. The molecular weight excluding hydrogens is 336 g/mol. The summed E-state index contributed by atoms with van der Waals surface area (Å²) < 4.78 is 11.5. The highest BCUT2D eigenvalue weighted by atomic mass is 16.5. The number of aliphatic hydroxyl groups is 1. The van der Waals surface area contributed by atoms with Crippen molar-refractivity contribution in [2.75, 3.05) is 13.2 Å². The molecule has 0 radical (unpaired) electrons. The third-order valence-corrected chi connectivity index (χ3v) is 5.99. The summed E-state index contributed by atoms with van der Waals surface area (Å²) in [6.07, 6.45) is 9.92. The summed E-state index contributed by atoms with van der Waals surface area (Å²) in [5.74, 6) is 1.72. The maximum absolute atomic E-state index is 10.4. The summed E-state index contributed by atoms with van der Waals surface area (Å²) in [5, 5.41) is 10.4. The Labute approximate surface area is 163 Å². The molecule has 1 aromatic rings. The zero-order valence-electron chi connectivity index (χ0n) is 17.0. The molecule has 0 saturated carbocycles. The van der Waals surface area contributed by atoms with E-state index in [1.807, 2.05) is 24.3 Å². The van der Waals surface area contributed by atoms with Gasteiger partial charge in [-0.3, -0.25) is 0 Å². The summed E-state index contributed by atoms with van der Waals surface area (Å²) in [4.78, 5) is 0. The SMILES string of the molecule is CC1=C(CC/C(C)=C/COc2ccc3c(c2)OCC=C3)C(C)(C)[C@H](O)CC1. The zero-order chi connectivity index (χ0) is 19.4. The molecule has 3 rings (SSSR count). The molecule has 1 atom stereocenters. The van der Waals surface area contributed by atoms with Gasteiger partial charge >= 0.3 is 0 Å². The van der Waals surface area contributed by atoms with Gasteiger partial charge in [0.25, 0.3) is 0 Å². The standard InChI is InChI=1S/C24H32O3/c1-17(7-11-21-18(2)8-12-23(25)24(21,3)4)13-15-26-20-10-9-19-6-5-14-27-22(19)16-20/h5-6,9-10,13,16,23,25H,7-8,11-12,14-15H2,1-4H3/b17-13+/t23-/m1/s1. The van der Waals surface area contributed by atoms with Crippen molar-refractivity contribution in [1.29, 1.82) is 0 Å². The molecule has 0 fully saturated rings. The maximum atomic E-state index is 10.4. The summed E-state index contributed by atoms with van der Waals surface area (Å²) in [7, 11) is 0. The van der Waals surface area contributed by atoms with E-state index in [1.54, 1.807) is 0 Å². The molecule has 3 heteroatoms. The van der Waals surface area contributed by atoms with E-state index in [0.29, 0.717) is 13.2 Å². The van der Waals surface area contributed by atoms with E-state index in [9.17, 15) is 5.11 Å². The summed E-state index contributed by atoms with van der Waals surface area (Å²) >= 11 is 0. The predicted molar refractivity (Wildman–Crippen MR) is 111 cm³/mol. The van der Waals surface area contributed by atoms with Crippen molar-refractivity contribution in [3.8, 4) is 11.5 Å². The number of fused-ring (bicyclic) bond motifs is 1. The summed E-state index contributed by atoms with van der Waals surface area (Å²) in [6.45, 7) is 9.90. The quantitative estimate of drug-likeness (QED) is 0.655. The first-order valence-electron chi connectivity index (χ1n) is 9.97. The second kappa shape index (κ2) is 8.35. The van der Waals surface area contributed by atoms with E-state index in [1.165, 1.54) is 16.7 Å². The Bertz CT molecular complexity index is 768. The number of allylic oxidation sites excluding steroid dienone is 2. The van der Waals surface area contributed by atoms with Gasteiger partial charge in [0.1, 0.15) is 24.7 Å². The molecule has 0 spiro atoms. The molecule has 1 N–H and O–H groups in total. The molecule has 0 saturated heterocycles. The highest BCUT2D eigenvalue weighted by molar-refractivity contribution is 5.60. The average Bonchev–Trinajstić information content (AvgIpc) is 2.65. The average molecular weight is 369 g/mol. The Morgan fingerprint density at radius 2 is 2.19 bits per heavy atom. The van der Waals surface area contributed by atoms with Gasteiger partial charge in [0, 0.05) is 17.0 Å². The second-order valence-corrected chi connectivity index (χ2v) is 8.31. The molecule has 1 aliphatic carbocycles. The van der Waals surface area contributed by atoms with Crippen LogP contribution in [0.2, 0.25) is 0 Å². The van der Waals surface area contributed by atoms with Gasteiger partial charge in [-0.25, -0.2) is 0 Å². The lowest BCUT2D eigenvalue weighted by molar-refractivity contribution is 0.0558. The molecule has 1 aliphatic heterocycles. The summed E-state index contributed by atoms with van der Waals surface area (Å²) in [6, 6.07) is 5.98. The fourth-order valence-electron chi connectivity index (χ4n) is 4.04. The smallest absolute Gasteiger partial charge is 0.130 e. The van der Waals surface area contributed by atoms with E-state index in [4.69, 9.17) is 9.47 Å². The van der Waals surface area contributed by atoms with Gasteiger partial charge in [0.05, 0.1) is 6.10 Å². The predicted octanol–water partition coefficient (Wildman–Crippen LogP) is 5.69. The highest BCUT2D eigenvalue weighted by Crippen LogP contribution is 2.42. The van der Waals surface area contributed by atoms with Gasteiger partial charge in [0.2, 0.25) is 0 Å². The Morgan fingerprint density at radius 3 is 3.00 bits per heavy atom. The summed E-state index contributed by atoms with van der Waals surface area (Å²) in [5.41, 5.74) is 5.19. The van der Waals surface area contributed by atoms with Crippen LogP contribution in [0.15, 0.2) is 47.1 Å². The van der Waals surface area contributed by atoms with Crippen molar-refractivity contribution in [3.63, 3.8) is 0 Å². The van der Waals surface area contributed by atoms with Crippen LogP contribution in [0.3, 0.4) is 0 Å². The minimum atomic E-state index is -0.232. The normalized spacial score (nSPS) is 21.7. The third-order valence-electron chi connectivity index (χ3n) is 5.99. The first-order valence-corrected chi connectivity index (χ1v) is 9.97. The molecule has 0 amide bonds. The van der Waals surface area contributed by atoms with E-state index in [-0.39, 0.29) is 11.5 Å². The van der Waals surface area contributed by atoms with Crippen molar-refractivity contribution >= 4 is 6.08 Å². The van der Waals surface area contributed by atoms with Gasteiger partial charge in [-0.1, -0.05) is 36.6 Å². The van der Waals surface area contributed by atoms with Crippen LogP contribution in [0.1, 0.15) is 58.9 Å². The lowest BCUT2D eigenvalue weighted by Gasteiger charge is -2.39. The minimum absolute atomic E-state index is 0.114. The Hall–Kier alpha value is -2.00. The van der Waals surface area contributed by atoms with E-state index >= 15 is 0 Å². The van der Waals surface area contributed by atoms with Crippen LogP contribution in [0.25, 0.3) is 6.08 Å². The number of hydrogen-bond donors (Lipinski definition) is 1. The molecule has 146 valence electrons. The van der Waals surface area contributed by atoms with Crippen molar-refractivity contribution in [2.24, 2.45) is 5.41 Å². The monoisotopic (exact) mass is 368 g/mol. The van der Waals surface area contributed by atoms with Crippen LogP contribution in [-0.2, 0) is 0 Å². The van der Waals surface area contributed by atoms with Crippen LogP contribution in [0, 0.1) is 5.41 Å². The molecule has 1 heterocycles. The van der Waals surface area contributed by atoms with Gasteiger partial charge < -0.3 is 14.6 Å². The third kappa shape index (κ3) is 4.65. The van der Waals surface area contributed by atoms with Crippen LogP contribution < -0.4 is 9.47 Å². The highest BCUT2D eigenvalue weighted by Gasteiger charge is 2.35. The Kier molecular flexibility index (Phi) is 6.11. The van der Waals surface area contributed by atoms with Gasteiger partial charge in [-0.2, -0.15) is 0 Å². The lowest BCUT2D eigenvalue weighted by Crippen LogP contribution is -2.35. The zero-order valence-corrected chi connectivity index (χ0v) is 17.0. The van der Waals surface area contributed by atoms with Crippen molar-refractivity contribution in [1.82, 2.24) is 0 Å². The van der Waals surface area contributed by atoms with Crippen LogP contribution in [-0.4, -0.2) is 24.4 Å². The minimum Gasteiger partial charge on any atom is -0.489 e. The van der Waals surface area contributed by atoms with E-state index in [2.05, 4.69) is 39.8 Å². The van der Waals surface area contributed by atoms with E-state index in [0.717, 1.165) is 42.7 Å². The van der Waals surface area contributed by atoms with Crippen molar-refractivity contribution in [3.05, 3.63) is 52.6 Å². The molecule has 0 unspecified atom stereocenters. The molecule has 0 bridgehead atoms. The first-order chi connectivity index (χ1) is 12.9. The number of hydrogen-bond acceptors (Lipinski definition) is 3. The Balaban J connectivity index is 1.54. The number of aliphatic hydroxyl groups excluding tert-OH is 1. The molecule has 2 aliphatic rings. The van der Waals surface area contributed by atoms with E-state index < -0.39 is 0 Å². The number of rotatable bonds is 6. The van der Waals surface area contributed by atoms with Gasteiger partial charge in [0.15, 0.2) is 0 Å². The number of benzene rings is 1. The fraction of sp³-hybridized carbons (Fsp3) is 0.500. The van der Waals surface area contributed by atoms with Crippen LogP contribution >= 0.6 is 0 Å². The largest absolute Gasteiger partial charge is 0.489 e. The van der Waals surface area contributed by atoms with Crippen molar-refractivity contribution in [2.45, 2.75) is 59.5 Å². The molecule has 3 nitrogen and oxygen atoms in total. The molecule has 27 heavy (non-hydrogen) atoms. The fourth-order valence-corrected chi connectivity index (χ4v) is 4.04. The van der Waals surface area contributed by atoms with Crippen LogP contribution in [0.5, 0.6) is 11.5 Å². The first kappa shape index (κ1) is 19.8. The molecule has 1 aromatic carbocycles. The maximum Gasteiger partial charge on any atom is 0.130 e. The van der Waals surface area contributed by atoms with Crippen LogP contribution in [0.4, 0.5) is 0 Å². The molecule has 0 aromatic heterocycles.